The highest BCUT2D eigenvalue weighted by atomic mass is 19.1. The van der Waals surface area contributed by atoms with Crippen LogP contribution < -0.4 is 0 Å². The first-order valence-corrected chi connectivity index (χ1v) is 4.38. The maximum atomic E-state index is 12.7. The molecule has 0 saturated heterocycles. The molecule has 0 heterocycles. The molecule has 1 aromatic carbocycles. The van der Waals surface area contributed by atoms with E-state index in [9.17, 15) is 14.0 Å². The Bertz CT molecular complexity index is 358. The van der Waals surface area contributed by atoms with Crippen molar-refractivity contribution in [3.8, 4) is 0 Å². The number of Topliss-reactive ketones (excluding diaryl/α,β-unsaturated/α-hetero) is 2. The average Bonchev–Trinajstić information content (AvgIpc) is 2.14. The number of carbonyl (C=O) groups is 2. The van der Waals surface area contributed by atoms with Crippen molar-refractivity contribution in [2.75, 3.05) is 0 Å². The van der Waals surface area contributed by atoms with Gasteiger partial charge in [-0.25, -0.2) is 4.39 Å². The van der Waals surface area contributed by atoms with Crippen LogP contribution in [0.5, 0.6) is 0 Å². The molecule has 74 valence electrons. The molecule has 0 radical (unpaired) electrons. The quantitative estimate of drug-likeness (QED) is 0.689. The standard InChI is InChI=1S/C11H11FO2/c1-8(13)5-6-11(14)9-3-2-4-10(12)7-9/h2-4,7H,5-6H2,1H3. The first-order chi connectivity index (χ1) is 6.59. The van der Waals surface area contributed by atoms with Gasteiger partial charge in [0.25, 0.3) is 0 Å². The third-order valence-corrected chi connectivity index (χ3v) is 1.85. The summed E-state index contributed by atoms with van der Waals surface area (Å²) in [6.45, 7) is 1.43. The minimum absolute atomic E-state index is 0.0326. The lowest BCUT2D eigenvalue weighted by Gasteiger charge is -1.98. The fourth-order valence-electron chi connectivity index (χ4n) is 1.10. The van der Waals surface area contributed by atoms with E-state index in [1.54, 1.807) is 6.07 Å². The molecule has 0 aliphatic carbocycles. The van der Waals surface area contributed by atoms with Gasteiger partial charge in [0.15, 0.2) is 5.78 Å². The van der Waals surface area contributed by atoms with Gasteiger partial charge < -0.3 is 4.79 Å². The Hall–Kier alpha value is -1.51. The van der Waals surface area contributed by atoms with Gasteiger partial charge in [0.1, 0.15) is 11.6 Å². The minimum Gasteiger partial charge on any atom is -0.300 e. The van der Waals surface area contributed by atoms with Crippen molar-refractivity contribution in [1.82, 2.24) is 0 Å². The molecule has 0 aromatic heterocycles. The average molecular weight is 194 g/mol. The van der Waals surface area contributed by atoms with Crippen LogP contribution in [0.1, 0.15) is 30.1 Å². The van der Waals surface area contributed by atoms with Crippen LogP contribution in [0.2, 0.25) is 0 Å². The Kier molecular flexibility index (Phi) is 3.51. The van der Waals surface area contributed by atoms with Gasteiger partial charge in [0.2, 0.25) is 0 Å². The van der Waals surface area contributed by atoms with Crippen LogP contribution in [-0.2, 0) is 4.79 Å². The highest BCUT2D eigenvalue weighted by Crippen LogP contribution is 2.07. The van der Waals surface area contributed by atoms with Gasteiger partial charge in [-0.05, 0) is 19.1 Å². The predicted octanol–water partition coefficient (Wildman–Crippen LogP) is 2.38. The molecule has 1 aromatic rings. The van der Waals surface area contributed by atoms with Crippen molar-refractivity contribution in [3.05, 3.63) is 35.6 Å². The third kappa shape index (κ3) is 3.09. The van der Waals surface area contributed by atoms with Gasteiger partial charge in [-0.2, -0.15) is 0 Å². The molecule has 2 nitrogen and oxygen atoms in total. The molecule has 0 bridgehead atoms. The van der Waals surface area contributed by atoms with Crippen molar-refractivity contribution < 1.29 is 14.0 Å². The summed E-state index contributed by atoms with van der Waals surface area (Å²) in [6.07, 6.45) is 0.369. The van der Waals surface area contributed by atoms with Crippen LogP contribution in [-0.4, -0.2) is 11.6 Å². The number of benzene rings is 1. The van der Waals surface area contributed by atoms with Crippen molar-refractivity contribution in [3.63, 3.8) is 0 Å². The normalized spacial score (nSPS) is 9.86. The SMILES string of the molecule is CC(=O)CCC(=O)c1cccc(F)c1. The number of ketones is 2. The van der Waals surface area contributed by atoms with Crippen LogP contribution in [0.15, 0.2) is 24.3 Å². The van der Waals surface area contributed by atoms with E-state index < -0.39 is 5.82 Å². The second-order valence-corrected chi connectivity index (χ2v) is 3.14. The molecule has 0 fully saturated rings. The van der Waals surface area contributed by atoms with E-state index in [-0.39, 0.29) is 24.4 Å². The maximum absolute atomic E-state index is 12.7. The minimum atomic E-state index is -0.432. The fourth-order valence-corrected chi connectivity index (χ4v) is 1.10. The third-order valence-electron chi connectivity index (χ3n) is 1.85. The molecule has 0 aliphatic heterocycles. The van der Waals surface area contributed by atoms with Crippen molar-refractivity contribution >= 4 is 11.6 Å². The van der Waals surface area contributed by atoms with Crippen molar-refractivity contribution in [1.29, 1.82) is 0 Å². The molecule has 0 N–H and O–H groups in total. The summed E-state index contributed by atoms with van der Waals surface area (Å²) in [5.74, 6) is -0.659. The van der Waals surface area contributed by atoms with Crippen LogP contribution in [0, 0.1) is 5.82 Å². The highest BCUT2D eigenvalue weighted by Gasteiger charge is 2.07. The summed E-state index contributed by atoms with van der Waals surface area (Å²) < 4.78 is 12.7. The smallest absolute Gasteiger partial charge is 0.163 e. The molecular weight excluding hydrogens is 183 g/mol. The lowest BCUT2D eigenvalue weighted by atomic mass is 10.1. The van der Waals surface area contributed by atoms with Gasteiger partial charge >= 0.3 is 0 Å². The first kappa shape index (κ1) is 10.6. The van der Waals surface area contributed by atoms with E-state index in [0.717, 1.165) is 0 Å². The molecule has 14 heavy (non-hydrogen) atoms. The van der Waals surface area contributed by atoms with E-state index in [1.807, 2.05) is 0 Å². The number of halogens is 1. The van der Waals surface area contributed by atoms with Gasteiger partial charge in [0, 0.05) is 18.4 Å². The Morgan fingerprint density at radius 2 is 2.00 bits per heavy atom. The van der Waals surface area contributed by atoms with Gasteiger partial charge in [0.05, 0.1) is 0 Å². The lowest BCUT2D eigenvalue weighted by molar-refractivity contribution is -0.116. The topological polar surface area (TPSA) is 34.1 Å². The second kappa shape index (κ2) is 4.65. The largest absolute Gasteiger partial charge is 0.300 e. The highest BCUT2D eigenvalue weighted by molar-refractivity contribution is 5.97. The van der Waals surface area contributed by atoms with Crippen LogP contribution in [0.3, 0.4) is 0 Å². The number of carbonyl (C=O) groups excluding carboxylic acids is 2. The molecular formula is C11H11FO2. The summed E-state index contributed by atoms with van der Waals surface area (Å²) in [5, 5.41) is 0. The Morgan fingerprint density at radius 3 is 2.57 bits per heavy atom. The van der Waals surface area contributed by atoms with E-state index >= 15 is 0 Å². The summed E-state index contributed by atoms with van der Waals surface area (Å²) in [4.78, 5) is 22.0. The predicted molar refractivity (Wildman–Crippen MR) is 50.6 cm³/mol. The zero-order chi connectivity index (χ0) is 10.6. The molecule has 1 rings (SSSR count). The monoisotopic (exact) mass is 194 g/mol. The molecule has 0 unspecified atom stereocenters. The number of rotatable bonds is 4. The molecule has 3 heteroatoms. The van der Waals surface area contributed by atoms with E-state index in [1.165, 1.54) is 25.1 Å². The van der Waals surface area contributed by atoms with Gasteiger partial charge in [-0.15, -0.1) is 0 Å². The molecule has 0 aliphatic rings. The van der Waals surface area contributed by atoms with E-state index in [0.29, 0.717) is 5.56 Å². The maximum Gasteiger partial charge on any atom is 0.163 e. The Morgan fingerprint density at radius 1 is 1.29 bits per heavy atom. The summed E-state index contributed by atoms with van der Waals surface area (Å²) in [6, 6.07) is 5.49. The summed E-state index contributed by atoms with van der Waals surface area (Å²) in [5.41, 5.74) is 0.325. The summed E-state index contributed by atoms with van der Waals surface area (Å²) in [7, 11) is 0. The Balaban J connectivity index is 2.65. The zero-order valence-electron chi connectivity index (χ0n) is 7.92. The van der Waals surface area contributed by atoms with Crippen molar-refractivity contribution in [2.45, 2.75) is 19.8 Å². The van der Waals surface area contributed by atoms with Crippen molar-refractivity contribution in [2.24, 2.45) is 0 Å². The summed E-state index contributed by atoms with van der Waals surface area (Å²) >= 11 is 0. The van der Waals surface area contributed by atoms with Gasteiger partial charge in [-0.1, -0.05) is 12.1 Å². The van der Waals surface area contributed by atoms with Crippen LogP contribution in [0.25, 0.3) is 0 Å². The molecule has 0 atom stereocenters. The first-order valence-electron chi connectivity index (χ1n) is 4.38. The lowest BCUT2D eigenvalue weighted by Crippen LogP contribution is -2.02. The fraction of sp³-hybridized carbons (Fsp3) is 0.273. The Labute approximate surface area is 81.7 Å². The van der Waals surface area contributed by atoms with Crippen LogP contribution >= 0.6 is 0 Å². The molecule has 0 amide bonds. The number of hydrogen-bond acceptors (Lipinski definition) is 2. The number of hydrogen-bond donors (Lipinski definition) is 0. The molecule has 0 spiro atoms. The molecule has 0 saturated carbocycles. The van der Waals surface area contributed by atoms with Gasteiger partial charge in [-0.3, -0.25) is 4.79 Å². The van der Waals surface area contributed by atoms with Crippen LogP contribution in [0.4, 0.5) is 4.39 Å². The second-order valence-electron chi connectivity index (χ2n) is 3.14. The zero-order valence-corrected chi connectivity index (χ0v) is 7.92. The van der Waals surface area contributed by atoms with E-state index in [4.69, 9.17) is 0 Å². The van der Waals surface area contributed by atoms with E-state index in [2.05, 4.69) is 0 Å².